The van der Waals surface area contributed by atoms with Gasteiger partial charge < -0.3 is 21.1 Å². The quantitative estimate of drug-likeness (QED) is 0.333. The maximum absolute atomic E-state index is 13.0. The van der Waals surface area contributed by atoms with E-state index in [0.29, 0.717) is 36.3 Å². The van der Waals surface area contributed by atoms with Crippen molar-refractivity contribution in [3.8, 4) is 0 Å². The number of hydrogen-bond donors (Lipinski definition) is 3. The van der Waals surface area contributed by atoms with Gasteiger partial charge in [-0.3, -0.25) is 4.79 Å². The molecule has 1 aliphatic heterocycles. The lowest BCUT2D eigenvalue weighted by Gasteiger charge is -2.26. The number of nitrogens with two attached hydrogens (primary N) is 1. The average molecular weight is 453 g/mol. The second-order valence-electron chi connectivity index (χ2n) is 10.0. The van der Waals surface area contributed by atoms with E-state index in [1.54, 1.807) is 6.08 Å². The molecule has 6 heteroatoms. The summed E-state index contributed by atoms with van der Waals surface area (Å²) < 4.78 is 0. The summed E-state index contributed by atoms with van der Waals surface area (Å²) in [4.78, 5) is 19.3. The maximum atomic E-state index is 13.0. The Balaban J connectivity index is 1.73. The van der Waals surface area contributed by atoms with Gasteiger partial charge in [-0.25, -0.2) is 4.99 Å². The third kappa shape index (κ3) is 6.33. The lowest BCUT2D eigenvalue weighted by atomic mass is 9.89. The molecule has 6 nitrogen and oxygen atoms in total. The van der Waals surface area contributed by atoms with E-state index in [9.17, 15) is 9.90 Å². The normalized spacial score (nSPS) is 27.4. The number of amides is 1. The van der Waals surface area contributed by atoms with Gasteiger partial charge in [-0.2, -0.15) is 0 Å². The minimum absolute atomic E-state index is 0.0420. The number of carbonyl (C=O) groups excluding carboxylic acids is 1. The number of allylic oxidation sites excluding steroid dienone is 1. The van der Waals surface area contributed by atoms with E-state index >= 15 is 0 Å². The summed E-state index contributed by atoms with van der Waals surface area (Å²) in [5, 5.41) is 12.8. The van der Waals surface area contributed by atoms with Gasteiger partial charge in [0.1, 0.15) is 5.82 Å². The fourth-order valence-corrected chi connectivity index (χ4v) is 4.98. The molecule has 1 aliphatic carbocycles. The minimum Gasteiger partial charge on any atom is -0.393 e. The minimum atomic E-state index is -0.265. The summed E-state index contributed by atoms with van der Waals surface area (Å²) in [6.07, 6.45) is 4.46. The highest BCUT2D eigenvalue weighted by Crippen LogP contribution is 2.34. The Morgan fingerprint density at radius 3 is 2.39 bits per heavy atom. The average Bonchev–Trinajstić information content (AvgIpc) is 3.20. The molecule has 1 aromatic carbocycles. The smallest absolute Gasteiger partial charge is 0.255 e. The summed E-state index contributed by atoms with van der Waals surface area (Å²) in [6.45, 7) is 14.6. The van der Waals surface area contributed by atoms with E-state index in [2.05, 4.69) is 67.0 Å². The molecule has 2 aliphatic rings. The first kappa shape index (κ1) is 25.2. The first-order valence-corrected chi connectivity index (χ1v) is 12.2. The van der Waals surface area contributed by atoms with Gasteiger partial charge in [0.2, 0.25) is 0 Å². The number of aliphatic hydroxyl groups excluding tert-OH is 1. The molecule has 33 heavy (non-hydrogen) atoms. The summed E-state index contributed by atoms with van der Waals surface area (Å²) in [6, 6.07) is 9.29. The number of nitrogens with zero attached hydrogens (tertiary/aromatic N) is 2. The van der Waals surface area contributed by atoms with Gasteiger partial charge in [-0.05, 0) is 81.9 Å². The Hall–Kier alpha value is -2.44. The van der Waals surface area contributed by atoms with Crippen LogP contribution in [0.1, 0.15) is 70.4 Å². The van der Waals surface area contributed by atoms with Crippen LogP contribution in [0.3, 0.4) is 0 Å². The summed E-state index contributed by atoms with van der Waals surface area (Å²) in [5.41, 5.74) is 9.72. The van der Waals surface area contributed by atoms with Gasteiger partial charge in [-0.15, -0.1) is 0 Å². The molecule has 180 valence electrons. The summed E-state index contributed by atoms with van der Waals surface area (Å²) in [7, 11) is 0. The molecule has 1 saturated carbocycles. The fraction of sp³-hybridized carbons (Fsp3) is 0.556. The fourth-order valence-electron chi connectivity index (χ4n) is 4.98. The molecule has 1 amide bonds. The van der Waals surface area contributed by atoms with Gasteiger partial charge in [0.15, 0.2) is 0 Å². The zero-order valence-corrected chi connectivity index (χ0v) is 20.6. The molecule has 0 unspecified atom stereocenters. The summed E-state index contributed by atoms with van der Waals surface area (Å²) >= 11 is 0. The lowest BCUT2D eigenvalue weighted by molar-refractivity contribution is -0.118. The highest BCUT2D eigenvalue weighted by Gasteiger charge is 2.31. The highest BCUT2D eigenvalue weighted by atomic mass is 16.3. The maximum Gasteiger partial charge on any atom is 0.255 e. The molecular formula is C27H40N4O2. The Morgan fingerprint density at radius 2 is 1.85 bits per heavy atom. The molecule has 1 saturated heterocycles. The number of nitrogens with one attached hydrogen (secondary N) is 1. The largest absolute Gasteiger partial charge is 0.393 e. The molecule has 0 spiro atoms. The Labute approximate surface area is 198 Å². The molecule has 1 heterocycles. The molecule has 0 bridgehead atoms. The van der Waals surface area contributed by atoms with Crippen molar-refractivity contribution in [3.63, 3.8) is 0 Å². The van der Waals surface area contributed by atoms with Crippen LogP contribution in [-0.4, -0.2) is 53.9 Å². The van der Waals surface area contributed by atoms with Crippen LogP contribution in [0, 0.1) is 5.92 Å². The topological polar surface area (TPSA) is 91.0 Å². The standard InChI is InChI=1S/C27H40N4O2/c1-17(2)31-15-19(4)25(16-31)21-8-6-20(7-9-21)18(3)14-24(26(28)29-5)27(33)30-22-10-12-23(32)13-11-22/h6-9,14,17,19,22-23,25,32H,5,10-13,15-16,28H2,1-4H3,(H,30,33)/b18-14+,26-24+/t19-,22-,23-,25-/m1/s1. The van der Waals surface area contributed by atoms with E-state index < -0.39 is 0 Å². The predicted molar refractivity (Wildman–Crippen MR) is 136 cm³/mol. The zero-order valence-electron chi connectivity index (χ0n) is 20.6. The molecule has 2 atom stereocenters. The van der Waals surface area contributed by atoms with Crippen molar-refractivity contribution >= 4 is 18.2 Å². The SMILES string of the molecule is C=N/C(N)=C(\C=C(/C)c1ccc([C@@H]2CN(C(C)C)C[C@H]2C)cc1)C(=O)N[C@H]1CC[C@H](O)CC1. The second kappa shape index (κ2) is 11.1. The van der Waals surface area contributed by atoms with E-state index in [1.165, 1.54) is 5.56 Å². The number of hydrogen-bond acceptors (Lipinski definition) is 5. The number of likely N-dealkylation sites (tertiary alicyclic amines) is 1. The van der Waals surface area contributed by atoms with Crippen molar-refractivity contribution in [3.05, 3.63) is 52.9 Å². The van der Waals surface area contributed by atoms with E-state index in [0.717, 1.165) is 37.1 Å². The van der Waals surface area contributed by atoms with Crippen molar-refractivity contribution in [1.82, 2.24) is 10.2 Å². The number of aliphatic hydroxyl groups is 1. The molecule has 3 rings (SSSR count). The first-order valence-electron chi connectivity index (χ1n) is 12.2. The summed E-state index contributed by atoms with van der Waals surface area (Å²) in [5.74, 6) is 1.05. The Kier molecular flexibility index (Phi) is 8.49. The van der Waals surface area contributed by atoms with Crippen LogP contribution < -0.4 is 11.1 Å². The Bertz CT molecular complexity index is 895. The van der Waals surface area contributed by atoms with E-state index in [1.807, 2.05) is 6.92 Å². The molecule has 1 aromatic rings. The van der Waals surface area contributed by atoms with Crippen molar-refractivity contribution in [2.45, 2.75) is 77.5 Å². The Morgan fingerprint density at radius 1 is 1.21 bits per heavy atom. The molecule has 2 fully saturated rings. The van der Waals surface area contributed by atoms with Crippen LogP contribution in [0.2, 0.25) is 0 Å². The number of carbonyl (C=O) groups is 1. The number of rotatable bonds is 7. The first-order chi connectivity index (χ1) is 15.7. The third-order valence-electron chi connectivity index (χ3n) is 7.25. The van der Waals surface area contributed by atoms with Crippen molar-refractivity contribution < 1.29 is 9.90 Å². The van der Waals surface area contributed by atoms with Crippen molar-refractivity contribution in [2.75, 3.05) is 13.1 Å². The van der Waals surface area contributed by atoms with Crippen LogP contribution in [-0.2, 0) is 4.79 Å². The van der Waals surface area contributed by atoms with Crippen molar-refractivity contribution in [1.29, 1.82) is 0 Å². The molecular weight excluding hydrogens is 412 g/mol. The molecule has 4 N–H and O–H groups in total. The van der Waals surface area contributed by atoms with Gasteiger partial charge >= 0.3 is 0 Å². The molecule has 0 radical (unpaired) electrons. The van der Waals surface area contributed by atoms with Crippen LogP contribution >= 0.6 is 0 Å². The number of benzene rings is 1. The van der Waals surface area contributed by atoms with Crippen LogP contribution in [0.5, 0.6) is 0 Å². The van der Waals surface area contributed by atoms with E-state index in [-0.39, 0.29) is 23.9 Å². The zero-order chi connectivity index (χ0) is 24.1. The van der Waals surface area contributed by atoms with Gasteiger partial charge in [0.25, 0.3) is 5.91 Å². The monoisotopic (exact) mass is 452 g/mol. The van der Waals surface area contributed by atoms with Gasteiger partial charge in [0, 0.05) is 31.1 Å². The van der Waals surface area contributed by atoms with Crippen LogP contribution in [0.4, 0.5) is 0 Å². The molecule has 0 aromatic heterocycles. The third-order valence-corrected chi connectivity index (χ3v) is 7.25. The number of aliphatic imine (C=N–C) groups is 1. The van der Waals surface area contributed by atoms with Crippen LogP contribution in [0.15, 0.2) is 46.7 Å². The van der Waals surface area contributed by atoms with Crippen LogP contribution in [0.25, 0.3) is 5.57 Å². The second-order valence-corrected chi connectivity index (χ2v) is 10.0. The highest BCUT2D eigenvalue weighted by molar-refractivity contribution is 5.99. The predicted octanol–water partition coefficient (Wildman–Crippen LogP) is 3.82. The van der Waals surface area contributed by atoms with Gasteiger partial charge in [0.05, 0.1) is 11.7 Å². The lowest BCUT2D eigenvalue weighted by Crippen LogP contribution is -2.39. The van der Waals surface area contributed by atoms with Crippen molar-refractivity contribution in [2.24, 2.45) is 16.6 Å². The van der Waals surface area contributed by atoms with Gasteiger partial charge in [-0.1, -0.05) is 31.2 Å². The van der Waals surface area contributed by atoms with E-state index in [4.69, 9.17) is 5.73 Å².